The van der Waals surface area contributed by atoms with Crippen molar-refractivity contribution in [3.05, 3.63) is 29.8 Å². The van der Waals surface area contributed by atoms with Crippen LogP contribution in [-0.4, -0.2) is 54.5 Å². The summed E-state index contributed by atoms with van der Waals surface area (Å²) >= 11 is 0. The van der Waals surface area contributed by atoms with Crippen molar-refractivity contribution >= 4 is 5.91 Å². The quantitative estimate of drug-likeness (QED) is 0.879. The molecule has 2 rings (SSSR count). The topological polar surface area (TPSA) is 43.8 Å². The van der Waals surface area contributed by atoms with Gasteiger partial charge in [0.25, 0.3) is 5.91 Å². The number of likely N-dealkylation sites (tertiary alicyclic amines) is 1. The summed E-state index contributed by atoms with van der Waals surface area (Å²) in [7, 11) is 3.93. The Morgan fingerprint density at radius 2 is 2.33 bits per heavy atom. The molecular formula is C14H20N2O2. The lowest BCUT2D eigenvalue weighted by Gasteiger charge is -2.21. The largest absolute Gasteiger partial charge is 0.508 e. The number of amides is 1. The fourth-order valence-electron chi connectivity index (χ4n) is 2.50. The number of phenolic OH excluding ortho intramolecular Hbond substituents is 1. The van der Waals surface area contributed by atoms with E-state index in [2.05, 4.69) is 11.9 Å². The van der Waals surface area contributed by atoms with Crippen molar-refractivity contribution < 1.29 is 9.90 Å². The van der Waals surface area contributed by atoms with Crippen LogP contribution in [0.5, 0.6) is 5.75 Å². The second kappa shape index (κ2) is 5.40. The number of nitrogens with zero attached hydrogens (tertiary/aromatic N) is 2. The van der Waals surface area contributed by atoms with Crippen molar-refractivity contribution in [2.75, 3.05) is 33.7 Å². The van der Waals surface area contributed by atoms with Gasteiger partial charge in [0.2, 0.25) is 0 Å². The van der Waals surface area contributed by atoms with Gasteiger partial charge in [-0.15, -0.1) is 0 Å². The number of benzene rings is 1. The van der Waals surface area contributed by atoms with Crippen LogP contribution in [0.3, 0.4) is 0 Å². The van der Waals surface area contributed by atoms with E-state index in [1.807, 2.05) is 7.05 Å². The molecule has 1 fully saturated rings. The molecule has 4 heteroatoms. The molecule has 1 aromatic carbocycles. The Hall–Kier alpha value is -1.55. The molecular weight excluding hydrogens is 228 g/mol. The maximum absolute atomic E-state index is 12.2. The van der Waals surface area contributed by atoms with Crippen LogP contribution in [0.2, 0.25) is 0 Å². The van der Waals surface area contributed by atoms with Gasteiger partial charge in [0.15, 0.2) is 0 Å². The Labute approximate surface area is 108 Å². The number of rotatable bonds is 3. The van der Waals surface area contributed by atoms with Gasteiger partial charge in [-0.05, 0) is 44.1 Å². The number of aromatic hydroxyl groups is 1. The molecule has 0 radical (unpaired) electrons. The van der Waals surface area contributed by atoms with Crippen LogP contribution in [0, 0.1) is 5.92 Å². The first-order chi connectivity index (χ1) is 8.56. The summed E-state index contributed by atoms with van der Waals surface area (Å²) < 4.78 is 0. The highest BCUT2D eigenvalue weighted by molar-refractivity contribution is 5.94. The Morgan fingerprint density at radius 3 is 2.94 bits per heavy atom. The van der Waals surface area contributed by atoms with E-state index in [0.717, 1.165) is 26.1 Å². The second-order valence-corrected chi connectivity index (χ2v) is 5.15. The van der Waals surface area contributed by atoms with Gasteiger partial charge in [-0.3, -0.25) is 4.79 Å². The van der Waals surface area contributed by atoms with Crippen LogP contribution in [-0.2, 0) is 0 Å². The Kier molecular flexibility index (Phi) is 3.87. The van der Waals surface area contributed by atoms with Crippen molar-refractivity contribution in [3.63, 3.8) is 0 Å². The molecule has 4 nitrogen and oxygen atoms in total. The molecule has 18 heavy (non-hydrogen) atoms. The van der Waals surface area contributed by atoms with Gasteiger partial charge < -0.3 is 14.9 Å². The van der Waals surface area contributed by atoms with Crippen molar-refractivity contribution in [1.82, 2.24) is 9.80 Å². The minimum atomic E-state index is -0.0274. The fourth-order valence-corrected chi connectivity index (χ4v) is 2.50. The summed E-state index contributed by atoms with van der Waals surface area (Å²) in [4.78, 5) is 16.2. The molecule has 0 bridgehead atoms. The molecule has 0 aromatic heterocycles. The third kappa shape index (κ3) is 3.01. The van der Waals surface area contributed by atoms with Crippen LogP contribution < -0.4 is 0 Å². The van der Waals surface area contributed by atoms with E-state index in [4.69, 9.17) is 0 Å². The van der Waals surface area contributed by atoms with E-state index in [-0.39, 0.29) is 11.7 Å². The van der Waals surface area contributed by atoms with Crippen LogP contribution in [0.15, 0.2) is 24.3 Å². The van der Waals surface area contributed by atoms with Gasteiger partial charge in [-0.25, -0.2) is 0 Å². The van der Waals surface area contributed by atoms with Crippen molar-refractivity contribution in [3.8, 4) is 5.75 Å². The van der Waals surface area contributed by atoms with Crippen LogP contribution in [0.1, 0.15) is 16.8 Å². The predicted molar refractivity (Wildman–Crippen MR) is 70.7 cm³/mol. The van der Waals surface area contributed by atoms with Gasteiger partial charge in [0, 0.05) is 25.7 Å². The van der Waals surface area contributed by atoms with Crippen LogP contribution in [0.25, 0.3) is 0 Å². The SMILES string of the molecule is CN1CCC(CN(C)C(=O)c2cccc(O)c2)C1. The molecule has 1 saturated heterocycles. The Balaban J connectivity index is 1.96. The Bertz CT molecular complexity index is 434. The highest BCUT2D eigenvalue weighted by Gasteiger charge is 2.23. The fraction of sp³-hybridized carbons (Fsp3) is 0.500. The molecule has 1 aromatic rings. The molecule has 1 atom stereocenters. The second-order valence-electron chi connectivity index (χ2n) is 5.15. The third-order valence-electron chi connectivity index (χ3n) is 3.46. The van der Waals surface area contributed by atoms with E-state index in [1.165, 1.54) is 6.07 Å². The van der Waals surface area contributed by atoms with Crippen molar-refractivity contribution in [2.24, 2.45) is 5.92 Å². The molecule has 0 saturated carbocycles. The smallest absolute Gasteiger partial charge is 0.253 e. The lowest BCUT2D eigenvalue weighted by atomic mass is 10.1. The third-order valence-corrected chi connectivity index (χ3v) is 3.46. The lowest BCUT2D eigenvalue weighted by molar-refractivity contribution is 0.0773. The first kappa shape index (κ1) is 12.9. The number of phenols is 1. The summed E-state index contributed by atoms with van der Waals surface area (Å²) in [6.45, 7) is 2.94. The number of carbonyl (C=O) groups is 1. The standard InChI is InChI=1S/C14H20N2O2/c1-15-7-6-11(9-15)10-16(2)14(18)12-4-3-5-13(17)8-12/h3-5,8,11,17H,6-7,9-10H2,1-2H3. The summed E-state index contributed by atoms with van der Waals surface area (Å²) in [5, 5.41) is 9.39. The first-order valence-corrected chi connectivity index (χ1v) is 6.29. The molecule has 0 spiro atoms. The zero-order valence-corrected chi connectivity index (χ0v) is 11.0. The van der Waals surface area contributed by atoms with E-state index in [1.54, 1.807) is 23.1 Å². The highest BCUT2D eigenvalue weighted by Crippen LogP contribution is 2.17. The molecule has 1 unspecified atom stereocenters. The number of hydrogen-bond acceptors (Lipinski definition) is 3. The van der Waals surface area contributed by atoms with E-state index >= 15 is 0 Å². The lowest BCUT2D eigenvalue weighted by Crippen LogP contribution is -2.32. The van der Waals surface area contributed by atoms with E-state index in [0.29, 0.717) is 11.5 Å². The predicted octanol–water partition coefficient (Wildman–Crippen LogP) is 1.42. The molecule has 1 aliphatic rings. The van der Waals surface area contributed by atoms with Crippen LogP contribution in [0.4, 0.5) is 0 Å². The average Bonchev–Trinajstić information content (AvgIpc) is 2.73. The van der Waals surface area contributed by atoms with Crippen LogP contribution >= 0.6 is 0 Å². The number of hydrogen-bond donors (Lipinski definition) is 1. The molecule has 1 amide bonds. The van der Waals surface area contributed by atoms with Gasteiger partial charge in [0.05, 0.1) is 0 Å². The summed E-state index contributed by atoms with van der Waals surface area (Å²) in [6, 6.07) is 6.52. The van der Waals surface area contributed by atoms with Gasteiger partial charge >= 0.3 is 0 Å². The summed E-state index contributed by atoms with van der Waals surface area (Å²) in [5.41, 5.74) is 0.545. The van der Waals surface area contributed by atoms with Gasteiger partial charge in [-0.2, -0.15) is 0 Å². The molecule has 1 heterocycles. The minimum absolute atomic E-state index is 0.0274. The van der Waals surface area contributed by atoms with E-state index < -0.39 is 0 Å². The summed E-state index contributed by atoms with van der Waals surface area (Å²) in [6.07, 6.45) is 1.15. The zero-order valence-electron chi connectivity index (χ0n) is 11.0. The van der Waals surface area contributed by atoms with Crippen molar-refractivity contribution in [2.45, 2.75) is 6.42 Å². The Morgan fingerprint density at radius 1 is 1.56 bits per heavy atom. The molecule has 0 aliphatic carbocycles. The molecule has 1 N–H and O–H groups in total. The maximum Gasteiger partial charge on any atom is 0.253 e. The minimum Gasteiger partial charge on any atom is -0.508 e. The average molecular weight is 248 g/mol. The van der Waals surface area contributed by atoms with E-state index in [9.17, 15) is 9.90 Å². The van der Waals surface area contributed by atoms with Crippen molar-refractivity contribution in [1.29, 1.82) is 0 Å². The summed E-state index contributed by atoms with van der Waals surface area (Å²) in [5.74, 6) is 0.663. The monoisotopic (exact) mass is 248 g/mol. The zero-order chi connectivity index (χ0) is 13.1. The molecule has 98 valence electrons. The number of carbonyl (C=O) groups excluding carboxylic acids is 1. The normalized spacial score (nSPS) is 20.0. The van der Waals surface area contributed by atoms with Gasteiger partial charge in [-0.1, -0.05) is 6.07 Å². The van der Waals surface area contributed by atoms with Gasteiger partial charge in [0.1, 0.15) is 5.75 Å². The maximum atomic E-state index is 12.2. The molecule has 1 aliphatic heterocycles. The first-order valence-electron chi connectivity index (χ1n) is 6.29. The highest BCUT2D eigenvalue weighted by atomic mass is 16.3.